The van der Waals surface area contributed by atoms with Crippen LogP contribution < -0.4 is 16.4 Å². The molecule has 0 saturated heterocycles. The molecule has 3 amide bonds. The molecule has 1 saturated carbocycles. The first-order valence-electron chi connectivity index (χ1n) is 6.17. The Hall–Kier alpha value is -2.08. The lowest BCUT2D eigenvalue weighted by Gasteiger charge is -2.31. The van der Waals surface area contributed by atoms with Crippen molar-refractivity contribution >= 4 is 17.6 Å². The third-order valence-corrected chi connectivity index (χ3v) is 3.18. The number of anilines is 1. The molecule has 2 rings (SSSR count). The van der Waals surface area contributed by atoms with E-state index in [1.54, 1.807) is 24.3 Å². The van der Waals surface area contributed by atoms with Gasteiger partial charge < -0.3 is 21.5 Å². The highest BCUT2D eigenvalue weighted by Gasteiger charge is 2.27. The van der Waals surface area contributed by atoms with Crippen molar-refractivity contribution in [2.24, 2.45) is 11.7 Å². The number of benzene rings is 1. The van der Waals surface area contributed by atoms with Crippen molar-refractivity contribution in [3.63, 3.8) is 0 Å². The van der Waals surface area contributed by atoms with Crippen molar-refractivity contribution in [3.05, 3.63) is 29.8 Å². The van der Waals surface area contributed by atoms with Crippen LogP contribution in [0, 0.1) is 5.92 Å². The number of aliphatic hydroxyl groups excluding tert-OH is 1. The Balaban J connectivity index is 1.83. The SMILES string of the molecule is NC(=O)Nc1ccc(C(=O)NCC2CC(O)C2)cc1. The van der Waals surface area contributed by atoms with Gasteiger partial charge in [-0.25, -0.2) is 4.79 Å². The van der Waals surface area contributed by atoms with Gasteiger partial charge in [0, 0.05) is 17.8 Å². The van der Waals surface area contributed by atoms with Gasteiger partial charge in [0.15, 0.2) is 0 Å². The topological polar surface area (TPSA) is 104 Å². The smallest absolute Gasteiger partial charge is 0.316 e. The number of carbonyl (C=O) groups excluding carboxylic acids is 2. The van der Waals surface area contributed by atoms with Crippen molar-refractivity contribution in [2.75, 3.05) is 11.9 Å². The van der Waals surface area contributed by atoms with Crippen LogP contribution in [-0.2, 0) is 0 Å². The van der Waals surface area contributed by atoms with E-state index in [2.05, 4.69) is 10.6 Å². The number of aliphatic hydroxyl groups is 1. The lowest BCUT2D eigenvalue weighted by Crippen LogP contribution is -2.38. The van der Waals surface area contributed by atoms with E-state index in [9.17, 15) is 9.59 Å². The van der Waals surface area contributed by atoms with E-state index in [1.807, 2.05) is 0 Å². The molecule has 6 heteroatoms. The van der Waals surface area contributed by atoms with Crippen LogP contribution in [0.3, 0.4) is 0 Å². The highest BCUT2D eigenvalue weighted by atomic mass is 16.3. The molecule has 0 radical (unpaired) electrons. The highest BCUT2D eigenvalue weighted by Crippen LogP contribution is 2.26. The summed E-state index contributed by atoms with van der Waals surface area (Å²) >= 11 is 0. The van der Waals surface area contributed by atoms with Gasteiger partial charge in [0.1, 0.15) is 0 Å². The van der Waals surface area contributed by atoms with Crippen molar-refractivity contribution < 1.29 is 14.7 Å². The van der Waals surface area contributed by atoms with E-state index < -0.39 is 6.03 Å². The van der Waals surface area contributed by atoms with Gasteiger partial charge in [-0.1, -0.05) is 0 Å². The van der Waals surface area contributed by atoms with Gasteiger partial charge in [0.25, 0.3) is 5.91 Å². The second-order valence-corrected chi connectivity index (χ2v) is 4.77. The van der Waals surface area contributed by atoms with Crippen LogP contribution in [0.1, 0.15) is 23.2 Å². The molecule has 0 spiro atoms. The van der Waals surface area contributed by atoms with Crippen LogP contribution in [0.4, 0.5) is 10.5 Å². The van der Waals surface area contributed by atoms with Gasteiger partial charge in [-0.2, -0.15) is 0 Å². The van der Waals surface area contributed by atoms with Gasteiger partial charge >= 0.3 is 6.03 Å². The average Bonchev–Trinajstić information content (AvgIpc) is 2.33. The summed E-state index contributed by atoms with van der Waals surface area (Å²) < 4.78 is 0. The molecule has 1 fully saturated rings. The molecule has 19 heavy (non-hydrogen) atoms. The number of urea groups is 1. The normalized spacial score (nSPS) is 21.3. The summed E-state index contributed by atoms with van der Waals surface area (Å²) in [5, 5.41) is 14.4. The van der Waals surface area contributed by atoms with Crippen molar-refractivity contribution in [1.82, 2.24) is 5.32 Å². The average molecular weight is 263 g/mol. The van der Waals surface area contributed by atoms with E-state index in [0.29, 0.717) is 23.7 Å². The summed E-state index contributed by atoms with van der Waals surface area (Å²) in [5.41, 5.74) is 6.06. The number of nitrogens with two attached hydrogens (primary N) is 1. The predicted molar refractivity (Wildman–Crippen MR) is 70.7 cm³/mol. The minimum absolute atomic E-state index is 0.160. The van der Waals surface area contributed by atoms with Crippen molar-refractivity contribution in [2.45, 2.75) is 18.9 Å². The number of carbonyl (C=O) groups is 2. The van der Waals surface area contributed by atoms with E-state index >= 15 is 0 Å². The molecule has 0 bridgehead atoms. The number of rotatable bonds is 4. The second-order valence-electron chi connectivity index (χ2n) is 4.77. The fourth-order valence-corrected chi connectivity index (χ4v) is 2.05. The summed E-state index contributed by atoms with van der Waals surface area (Å²) in [6, 6.07) is 5.84. The van der Waals surface area contributed by atoms with Gasteiger partial charge in [-0.15, -0.1) is 0 Å². The molecule has 0 unspecified atom stereocenters. The van der Waals surface area contributed by atoms with E-state index in [-0.39, 0.29) is 12.0 Å². The zero-order chi connectivity index (χ0) is 13.8. The molecule has 0 atom stereocenters. The van der Waals surface area contributed by atoms with Crippen LogP contribution in [0.25, 0.3) is 0 Å². The lowest BCUT2D eigenvalue weighted by atomic mass is 9.82. The maximum Gasteiger partial charge on any atom is 0.316 e. The second kappa shape index (κ2) is 5.71. The number of amides is 3. The van der Waals surface area contributed by atoms with Crippen LogP contribution in [0.5, 0.6) is 0 Å². The maximum absolute atomic E-state index is 11.8. The van der Waals surface area contributed by atoms with Gasteiger partial charge in [0.05, 0.1) is 6.10 Å². The molecule has 0 heterocycles. The van der Waals surface area contributed by atoms with Crippen molar-refractivity contribution in [3.8, 4) is 0 Å². The summed E-state index contributed by atoms with van der Waals surface area (Å²) in [4.78, 5) is 22.5. The van der Waals surface area contributed by atoms with Crippen LogP contribution in [0.15, 0.2) is 24.3 Å². The molecule has 102 valence electrons. The summed E-state index contributed by atoms with van der Waals surface area (Å²) in [6.45, 7) is 0.581. The first-order valence-corrected chi connectivity index (χ1v) is 6.17. The number of primary amides is 1. The number of nitrogens with one attached hydrogen (secondary N) is 2. The first-order chi connectivity index (χ1) is 9.04. The van der Waals surface area contributed by atoms with Crippen LogP contribution in [0.2, 0.25) is 0 Å². The monoisotopic (exact) mass is 263 g/mol. The van der Waals surface area contributed by atoms with E-state index in [0.717, 1.165) is 12.8 Å². The molecule has 5 N–H and O–H groups in total. The van der Waals surface area contributed by atoms with Crippen LogP contribution >= 0.6 is 0 Å². The fraction of sp³-hybridized carbons (Fsp3) is 0.385. The number of hydrogen-bond acceptors (Lipinski definition) is 3. The summed E-state index contributed by atoms with van der Waals surface area (Å²) in [5.74, 6) is 0.210. The zero-order valence-corrected chi connectivity index (χ0v) is 10.4. The minimum atomic E-state index is -0.638. The molecular formula is C13H17N3O3. The molecular weight excluding hydrogens is 246 g/mol. The fourth-order valence-electron chi connectivity index (χ4n) is 2.05. The molecule has 1 aliphatic carbocycles. The Kier molecular flexibility index (Phi) is 4.01. The Morgan fingerprint density at radius 3 is 2.42 bits per heavy atom. The molecule has 0 aromatic heterocycles. The summed E-state index contributed by atoms with van der Waals surface area (Å²) in [6.07, 6.45) is 1.30. The van der Waals surface area contributed by atoms with Gasteiger partial charge in [-0.3, -0.25) is 4.79 Å². The first kappa shape index (κ1) is 13.4. The van der Waals surface area contributed by atoms with Crippen molar-refractivity contribution in [1.29, 1.82) is 0 Å². The maximum atomic E-state index is 11.8. The third kappa shape index (κ3) is 3.69. The Morgan fingerprint density at radius 2 is 1.89 bits per heavy atom. The molecule has 0 aliphatic heterocycles. The standard InChI is InChI=1S/C13H17N3O3/c14-13(19)16-10-3-1-9(2-4-10)12(18)15-7-8-5-11(17)6-8/h1-4,8,11,17H,5-7H2,(H,15,18)(H3,14,16,19). The van der Waals surface area contributed by atoms with Crippen LogP contribution in [-0.4, -0.2) is 29.7 Å². The highest BCUT2D eigenvalue weighted by molar-refractivity contribution is 5.95. The predicted octanol–water partition coefficient (Wildman–Crippen LogP) is 0.678. The van der Waals surface area contributed by atoms with E-state index in [1.165, 1.54) is 0 Å². The molecule has 1 aromatic rings. The minimum Gasteiger partial charge on any atom is -0.393 e. The largest absolute Gasteiger partial charge is 0.393 e. The Bertz CT molecular complexity index is 467. The summed E-state index contributed by atoms with van der Waals surface area (Å²) in [7, 11) is 0. The molecule has 6 nitrogen and oxygen atoms in total. The van der Waals surface area contributed by atoms with E-state index in [4.69, 9.17) is 10.8 Å². The van der Waals surface area contributed by atoms with Gasteiger partial charge in [0.2, 0.25) is 0 Å². The number of hydrogen-bond donors (Lipinski definition) is 4. The Labute approximate surface area is 111 Å². The van der Waals surface area contributed by atoms with Gasteiger partial charge in [-0.05, 0) is 43.0 Å². The lowest BCUT2D eigenvalue weighted by molar-refractivity contribution is 0.0420. The quantitative estimate of drug-likeness (QED) is 0.642. The zero-order valence-electron chi connectivity index (χ0n) is 10.4. The third-order valence-electron chi connectivity index (χ3n) is 3.18. The molecule has 1 aliphatic rings. The molecule has 1 aromatic carbocycles. The Morgan fingerprint density at radius 1 is 1.26 bits per heavy atom.